The van der Waals surface area contributed by atoms with E-state index in [0.29, 0.717) is 23.0 Å². The topological polar surface area (TPSA) is 59.9 Å². The van der Waals surface area contributed by atoms with Gasteiger partial charge in [0.05, 0.1) is 0 Å². The third kappa shape index (κ3) is 2.22. The molecule has 1 amide bonds. The zero-order valence-electron chi connectivity index (χ0n) is 11.6. The molecule has 0 bridgehead atoms. The minimum Gasteiger partial charge on any atom is -0.454 e. The van der Waals surface area contributed by atoms with E-state index in [-0.39, 0.29) is 12.7 Å². The van der Waals surface area contributed by atoms with E-state index < -0.39 is 0 Å². The van der Waals surface area contributed by atoms with E-state index in [2.05, 4.69) is 10.3 Å². The van der Waals surface area contributed by atoms with Crippen LogP contribution in [0.3, 0.4) is 0 Å². The van der Waals surface area contributed by atoms with Gasteiger partial charge >= 0.3 is 0 Å². The van der Waals surface area contributed by atoms with Gasteiger partial charge in [-0.05, 0) is 23.8 Å². The maximum Gasteiger partial charge on any atom is 0.275 e. The standard InChI is InChI=1S/C17H12N2O3/c20-17-13(18-16(19-17)12-4-2-1-3-5-12)8-11-6-7-14-15(9-11)22-10-21-14/h1-9H,10H2,(H,18,19,20)/b13-8-. The lowest BCUT2D eigenvalue weighted by Gasteiger charge is -1.98. The van der Waals surface area contributed by atoms with Gasteiger partial charge in [-0.2, -0.15) is 0 Å². The molecule has 2 heterocycles. The first-order chi connectivity index (χ1) is 10.8. The van der Waals surface area contributed by atoms with Gasteiger partial charge in [0.25, 0.3) is 5.91 Å². The van der Waals surface area contributed by atoms with Crippen LogP contribution in [-0.2, 0) is 4.79 Å². The molecule has 0 aromatic heterocycles. The van der Waals surface area contributed by atoms with E-state index in [9.17, 15) is 4.79 Å². The lowest BCUT2D eigenvalue weighted by atomic mass is 10.1. The summed E-state index contributed by atoms with van der Waals surface area (Å²) in [4.78, 5) is 16.4. The fourth-order valence-corrected chi connectivity index (χ4v) is 2.36. The van der Waals surface area contributed by atoms with Gasteiger partial charge in [0.15, 0.2) is 11.5 Å². The number of nitrogens with zero attached hydrogens (tertiary/aromatic N) is 1. The molecule has 2 aliphatic heterocycles. The van der Waals surface area contributed by atoms with Crippen LogP contribution >= 0.6 is 0 Å². The van der Waals surface area contributed by atoms with Gasteiger partial charge in [-0.15, -0.1) is 0 Å². The van der Waals surface area contributed by atoms with E-state index in [1.54, 1.807) is 6.08 Å². The van der Waals surface area contributed by atoms with Crippen molar-refractivity contribution < 1.29 is 14.3 Å². The quantitative estimate of drug-likeness (QED) is 0.864. The number of ether oxygens (including phenoxy) is 2. The molecule has 0 aliphatic carbocycles. The molecule has 5 heteroatoms. The molecule has 5 nitrogen and oxygen atoms in total. The Bertz CT molecular complexity index is 810. The number of benzene rings is 2. The summed E-state index contributed by atoms with van der Waals surface area (Å²) in [5, 5.41) is 2.78. The Balaban J connectivity index is 1.67. The summed E-state index contributed by atoms with van der Waals surface area (Å²) in [5.74, 6) is 1.75. The predicted molar refractivity (Wildman–Crippen MR) is 81.7 cm³/mol. The van der Waals surface area contributed by atoms with Gasteiger partial charge in [0, 0.05) is 5.56 Å². The number of carbonyl (C=O) groups is 1. The Morgan fingerprint density at radius 1 is 1.05 bits per heavy atom. The fraction of sp³-hybridized carbons (Fsp3) is 0.0588. The van der Waals surface area contributed by atoms with Crippen LogP contribution in [-0.4, -0.2) is 18.5 Å². The minimum absolute atomic E-state index is 0.212. The Labute approximate surface area is 126 Å². The Morgan fingerprint density at radius 3 is 2.73 bits per heavy atom. The van der Waals surface area contributed by atoms with Gasteiger partial charge in [-0.25, -0.2) is 4.99 Å². The first kappa shape index (κ1) is 12.6. The molecule has 4 rings (SSSR count). The molecule has 0 fully saturated rings. The maximum atomic E-state index is 12.0. The zero-order valence-corrected chi connectivity index (χ0v) is 11.6. The second-order valence-corrected chi connectivity index (χ2v) is 4.92. The van der Waals surface area contributed by atoms with E-state index >= 15 is 0 Å². The molecule has 2 aromatic carbocycles. The van der Waals surface area contributed by atoms with Crippen LogP contribution in [0, 0.1) is 0 Å². The SMILES string of the molecule is O=C1NC(c2ccccc2)=N/C1=C\c1ccc2c(c1)OCO2. The number of amidine groups is 1. The molecule has 0 unspecified atom stereocenters. The highest BCUT2D eigenvalue weighted by Crippen LogP contribution is 2.33. The van der Waals surface area contributed by atoms with Crippen LogP contribution < -0.4 is 14.8 Å². The summed E-state index contributed by atoms with van der Waals surface area (Å²) in [6.45, 7) is 0.228. The molecule has 0 saturated heterocycles. The molecule has 22 heavy (non-hydrogen) atoms. The summed E-state index contributed by atoms with van der Waals surface area (Å²) in [6.07, 6.45) is 1.73. The zero-order chi connectivity index (χ0) is 14.9. The molecular formula is C17H12N2O3. The van der Waals surface area contributed by atoms with Crippen molar-refractivity contribution in [1.29, 1.82) is 0 Å². The van der Waals surface area contributed by atoms with Crippen molar-refractivity contribution in [2.24, 2.45) is 4.99 Å². The van der Waals surface area contributed by atoms with Gasteiger partial charge in [0.2, 0.25) is 6.79 Å². The molecule has 2 aromatic rings. The van der Waals surface area contributed by atoms with Gasteiger partial charge in [0.1, 0.15) is 11.5 Å². The van der Waals surface area contributed by atoms with Crippen molar-refractivity contribution in [1.82, 2.24) is 5.32 Å². The molecule has 2 aliphatic rings. The number of rotatable bonds is 2. The summed E-state index contributed by atoms with van der Waals surface area (Å²) in [7, 11) is 0. The second-order valence-electron chi connectivity index (χ2n) is 4.92. The number of hydrogen-bond donors (Lipinski definition) is 1. The van der Waals surface area contributed by atoms with Crippen molar-refractivity contribution >= 4 is 17.8 Å². The highest BCUT2D eigenvalue weighted by atomic mass is 16.7. The van der Waals surface area contributed by atoms with Crippen molar-refractivity contribution in [3.8, 4) is 11.5 Å². The summed E-state index contributed by atoms with van der Waals surface area (Å²) in [6, 6.07) is 15.1. The largest absolute Gasteiger partial charge is 0.454 e. The molecule has 0 atom stereocenters. The molecule has 108 valence electrons. The minimum atomic E-state index is -0.212. The third-order valence-corrected chi connectivity index (χ3v) is 3.44. The summed E-state index contributed by atoms with van der Waals surface area (Å²) < 4.78 is 10.6. The molecule has 1 N–H and O–H groups in total. The van der Waals surface area contributed by atoms with Crippen molar-refractivity contribution in [2.45, 2.75) is 0 Å². The van der Waals surface area contributed by atoms with E-state index in [1.807, 2.05) is 48.5 Å². The Kier molecular flexibility index (Phi) is 2.89. The smallest absolute Gasteiger partial charge is 0.275 e. The molecule has 0 spiro atoms. The Morgan fingerprint density at radius 2 is 1.86 bits per heavy atom. The number of aliphatic imine (C=N–C) groups is 1. The number of carbonyl (C=O) groups excluding carboxylic acids is 1. The third-order valence-electron chi connectivity index (χ3n) is 3.44. The lowest BCUT2D eigenvalue weighted by Crippen LogP contribution is -2.24. The lowest BCUT2D eigenvalue weighted by molar-refractivity contribution is -0.115. The number of fused-ring (bicyclic) bond motifs is 1. The summed E-state index contributed by atoms with van der Waals surface area (Å²) in [5.41, 5.74) is 2.09. The highest BCUT2D eigenvalue weighted by Gasteiger charge is 2.21. The van der Waals surface area contributed by atoms with E-state index in [4.69, 9.17) is 9.47 Å². The van der Waals surface area contributed by atoms with Crippen LogP contribution in [0.4, 0.5) is 0 Å². The second kappa shape index (κ2) is 5.04. The van der Waals surface area contributed by atoms with Gasteiger partial charge in [-0.1, -0.05) is 36.4 Å². The molecule has 0 radical (unpaired) electrons. The average Bonchev–Trinajstić information content (AvgIpc) is 3.15. The first-order valence-electron chi connectivity index (χ1n) is 6.86. The van der Waals surface area contributed by atoms with Crippen LogP contribution in [0.1, 0.15) is 11.1 Å². The van der Waals surface area contributed by atoms with Gasteiger partial charge in [-0.3, -0.25) is 4.79 Å². The van der Waals surface area contributed by atoms with E-state index in [1.165, 1.54) is 0 Å². The molecule has 0 saturated carbocycles. The Hall–Kier alpha value is -3.08. The average molecular weight is 292 g/mol. The summed E-state index contributed by atoms with van der Waals surface area (Å²) >= 11 is 0. The van der Waals surface area contributed by atoms with Crippen molar-refractivity contribution in [3.05, 3.63) is 65.4 Å². The van der Waals surface area contributed by atoms with Crippen LogP contribution in [0.15, 0.2) is 59.2 Å². The predicted octanol–water partition coefficient (Wildman–Crippen LogP) is 2.33. The number of amides is 1. The van der Waals surface area contributed by atoms with Gasteiger partial charge < -0.3 is 14.8 Å². The molecular weight excluding hydrogens is 280 g/mol. The highest BCUT2D eigenvalue weighted by molar-refractivity contribution is 6.19. The maximum absolute atomic E-state index is 12.0. The fourth-order valence-electron chi connectivity index (χ4n) is 2.36. The van der Waals surface area contributed by atoms with Crippen molar-refractivity contribution in [2.75, 3.05) is 6.79 Å². The number of hydrogen-bond acceptors (Lipinski definition) is 4. The van der Waals surface area contributed by atoms with Crippen LogP contribution in [0.25, 0.3) is 6.08 Å². The van der Waals surface area contributed by atoms with E-state index in [0.717, 1.165) is 11.1 Å². The van der Waals surface area contributed by atoms with Crippen LogP contribution in [0.2, 0.25) is 0 Å². The normalized spacial score (nSPS) is 17.5. The van der Waals surface area contributed by atoms with Crippen molar-refractivity contribution in [3.63, 3.8) is 0 Å². The number of nitrogens with one attached hydrogen (secondary N) is 1. The first-order valence-corrected chi connectivity index (χ1v) is 6.86. The monoisotopic (exact) mass is 292 g/mol. The van der Waals surface area contributed by atoms with Crippen LogP contribution in [0.5, 0.6) is 11.5 Å².